The Bertz CT molecular complexity index is 1320. The van der Waals surface area contributed by atoms with Crippen molar-refractivity contribution in [3.63, 3.8) is 0 Å². The van der Waals surface area contributed by atoms with Crippen molar-refractivity contribution in [2.45, 2.75) is 26.3 Å². The van der Waals surface area contributed by atoms with Crippen molar-refractivity contribution in [2.24, 2.45) is 0 Å². The number of aromatic nitrogens is 3. The Hall–Kier alpha value is -3.55. The van der Waals surface area contributed by atoms with E-state index in [2.05, 4.69) is 15.3 Å². The molecule has 0 aliphatic rings. The zero-order chi connectivity index (χ0) is 21.4. The fraction of sp³-hybridized carbons (Fsp3) is 0.318. The van der Waals surface area contributed by atoms with Crippen LogP contribution in [0.4, 0.5) is 0 Å². The fourth-order valence-corrected chi connectivity index (χ4v) is 4.04. The van der Waals surface area contributed by atoms with Crippen molar-refractivity contribution in [3.8, 4) is 11.5 Å². The Morgan fingerprint density at radius 1 is 1.13 bits per heavy atom. The molecule has 1 atom stereocenters. The van der Waals surface area contributed by atoms with Gasteiger partial charge < -0.3 is 19.8 Å². The average Bonchev–Trinajstić information content (AvgIpc) is 3.24. The molecule has 0 spiro atoms. The molecule has 8 nitrogen and oxygen atoms in total. The number of carbonyl (C=O) groups is 1. The van der Waals surface area contributed by atoms with Crippen molar-refractivity contribution in [3.05, 3.63) is 40.9 Å². The van der Waals surface area contributed by atoms with Crippen LogP contribution in [0, 0.1) is 0 Å². The summed E-state index contributed by atoms with van der Waals surface area (Å²) in [7, 11) is 3.08. The summed E-state index contributed by atoms with van der Waals surface area (Å²) in [6.07, 6.45) is 3.97. The average molecular weight is 408 g/mol. The normalized spacial score (nSPS) is 12.4. The van der Waals surface area contributed by atoms with Gasteiger partial charge >= 0.3 is 0 Å². The number of aromatic amines is 1. The van der Waals surface area contributed by atoms with Gasteiger partial charge in [-0.25, -0.2) is 4.98 Å². The third kappa shape index (κ3) is 2.87. The van der Waals surface area contributed by atoms with Gasteiger partial charge in [0.1, 0.15) is 11.7 Å². The Morgan fingerprint density at radius 2 is 1.83 bits per heavy atom. The van der Waals surface area contributed by atoms with E-state index in [-0.39, 0.29) is 11.5 Å². The molecule has 156 valence electrons. The summed E-state index contributed by atoms with van der Waals surface area (Å²) in [6.45, 7) is 4.24. The SMILES string of the molecule is CCNC(=O)[C@@H](CC)n1c(=O)c2cc(OC)c(OC)cc2c2cnc3[nH]ccc3c21. The number of hydrogen-bond acceptors (Lipinski definition) is 5. The largest absolute Gasteiger partial charge is 0.493 e. The highest BCUT2D eigenvalue weighted by Crippen LogP contribution is 2.36. The maximum Gasteiger partial charge on any atom is 0.259 e. The van der Waals surface area contributed by atoms with Crippen molar-refractivity contribution < 1.29 is 14.3 Å². The van der Waals surface area contributed by atoms with Gasteiger partial charge in [0.15, 0.2) is 11.5 Å². The molecule has 3 heterocycles. The summed E-state index contributed by atoms with van der Waals surface area (Å²) in [4.78, 5) is 34.2. The molecule has 4 rings (SSSR count). The molecular weight excluding hydrogens is 384 g/mol. The zero-order valence-corrected chi connectivity index (χ0v) is 17.4. The molecule has 0 aliphatic heterocycles. The van der Waals surface area contributed by atoms with Gasteiger partial charge in [-0.3, -0.25) is 14.2 Å². The summed E-state index contributed by atoms with van der Waals surface area (Å²) in [5, 5.41) is 5.54. The van der Waals surface area contributed by atoms with E-state index in [0.29, 0.717) is 46.4 Å². The smallest absolute Gasteiger partial charge is 0.259 e. The van der Waals surface area contributed by atoms with E-state index in [9.17, 15) is 9.59 Å². The van der Waals surface area contributed by atoms with Crippen molar-refractivity contribution >= 4 is 38.6 Å². The lowest BCUT2D eigenvalue weighted by atomic mass is 10.0. The minimum Gasteiger partial charge on any atom is -0.493 e. The second kappa shape index (κ2) is 7.70. The van der Waals surface area contributed by atoms with Gasteiger partial charge in [-0.2, -0.15) is 0 Å². The first-order chi connectivity index (χ1) is 14.5. The summed E-state index contributed by atoms with van der Waals surface area (Å²) < 4.78 is 12.4. The molecule has 2 N–H and O–H groups in total. The van der Waals surface area contributed by atoms with E-state index in [0.717, 1.165) is 10.8 Å². The van der Waals surface area contributed by atoms with Gasteiger partial charge in [0.25, 0.3) is 5.56 Å². The van der Waals surface area contributed by atoms with Gasteiger partial charge in [-0.15, -0.1) is 0 Å². The van der Waals surface area contributed by atoms with E-state index in [1.807, 2.05) is 19.9 Å². The number of carbonyl (C=O) groups excluding carboxylic acids is 1. The molecule has 8 heteroatoms. The number of rotatable bonds is 6. The number of nitrogens with one attached hydrogen (secondary N) is 2. The minimum atomic E-state index is -0.655. The number of H-pyrrole nitrogens is 1. The predicted octanol–water partition coefficient (Wildman–Crippen LogP) is 3.14. The van der Waals surface area contributed by atoms with Gasteiger partial charge in [0, 0.05) is 35.1 Å². The van der Waals surface area contributed by atoms with Crippen LogP contribution in [0.5, 0.6) is 11.5 Å². The molecule has 1 amide bonds. The summed E-state index contributed by atoms with van der Waals surface area (Å²) in [5.41, 5.74) is 1.07. The molecule has 0 saturated heterocycles. The van der Waals surface area contributed by atoms with E-state index >= 15 is 0 Å². The Morgan fingerprint density at radius 3 is 2.47 bits per heavy atom. The van der Waals surface area contributed by atoms with Crippen LogP contribution in [0.2, 0.25) is 0 Å². The number of ether oxygens (including phenoxy) is 2. The standard InChI is InChI=1S/C22H24N4O4/c1-5-16(21(27)23-6-2)26-19-12-7-8-24-20(12)25-11-15(19)13-9-17(29-3)18(30-4)10-14(13)22(26)28/h7-11,16H,5-6H2,1-4H3,(H,23,27)(H,24,25)/t16-/m1/s1. The quantitative estimate of drug-likeness (QED) is 0.478. The molecule has 1 aromatic carbocycles. The fourth-order valence-electron chi connectivity index (χ4n) is 4.04. The van der Waals surface area contributed by atoms with E-state index < -0.39 is 6.04 Å². The first-order valence-electron chi connectivity index (χ1n) is 9.89. The molecule has 0 fully saturated rings. The van der Waals surface area contributed by atoms with Crippen LogP contribution < -0.4 is 20.3 Å². The van der Waals surface area contributed by atoms with Gasteiger partial charge in [0.05, 0.1) is 25.1 Å². The van der Waals surface area contributed by atoms with E-state index in [4.69, 9.17) is 9.47 Å². The number of hydrogen-bond donors (Lipinski definition) is 2. The number of amides is 1. The topological polar surface area (TPSA) is 98.2 Å². The molecule has 0 aliphatic carbocycles. The molecule has 0 bridgehead atoms. The summed E-state index contributed by atoms with van der Waals surface area (Å²) in [6, 6.07) is 4.67. The molecule has 0 radical (unpaired) electrons. The highest BCUT2D eigenvalue weighted by Gasteiger charge is 2.25. The highest BCUT2D eigenvalue weighted by atomic mass is 16.5. The molecule has 4 aromatic rings. The Kier molecular flexibility index (Phi) is 5.07. The van der Waals surface area contributed by atoms with Gasteiger partial charge in [0.2, 0.25) is 5.91 Å². The lowest BCUT2D eigenvalue weighted by molar-refractivity contribution is -0.124. The lowest BCUT2D eigenvalue weighted by Crippen LogP contribution is -2.37. The number of nitrogens with zero attached hydrogens (tertiary/aromatic N) is 2. The number of pyridine rings is 2. The third-order valence-corrected chi connectivity index (χ3v) is 5.41. The molecule has 0 unspecified atom stereocenters. The highest BCUT2D eigenvalue weighted by molar-refractivity contribution is 6.14. The van der Waals surface area contributed by atoms with Gasteiger partial charge in [-0.1, -0.05) is 6.92 Å². The molecule has 3 aromatic heterocycles. The Balaban J connectivity index is 2.22. The maximum absolute atomic E-state index is 13.7. The number of likely N-dealkylation sites (N-methyl/N-ethyl adjacent to an activating group) is 1. The molecule has 30 heavy (non-hydrogen) atoms. The van der Waals surface area contributed by atoms with Crippen LogP contribution in [-0.4, -0.2) is 41.2 Å². The number of fused-ring (bicyclic) bond motifs is 5. The van der Waals surface area contributed by atoms with E-state index in [1.165, 1.54) is 7.11 Å². The molecular formula is C22H24N4O4. The monoisotopic (exact) mass is 408 g/mol. The van der Waals surface area contributed by atoms with Crippen LogP contribution in [0.25, 0.3) is 32.7 Å². The summed E-state index contributed by atoms with van der Waals surface area (Å²) >= 11 is 0. The van der Waals surface area contributed by atoms with Crippen molar-refractivity contribution in [1.29, 1.82) is 0 Å². The second-order valence-electron chi connectivity index (χ2n) is 7.01. The van der Waals surface area contributed by atoms with Crippen molar-refractivity contribution in [1.82, 2.24) is 19.9 Å². The first kappa shape index (κ1) is 19.8. The van der Waals surface area contributed by atoms with Crippen molar-refractivity contribution in [2.75, 3.05) is 20.8 Å². The maximum atomic E-state index is 13.7. The van der Waals surface area contributed by atoms with Crippen LogP contribution in [0.1, 0.15) is 26.3 Å². The predicted molar refractivity (Wildman–Crippen MR) is 116 cm³/mol. The summed E-state index contributed by atoms with van der Waals surface area (Å²) in [5.74, 6) is 0.784. The second-order valence-corrected chi connectivity index (χ2v) is 7.01. The van der Waals surface area contributed by atoms with Crippen LogP contribution in [0.3, 0.4) is 0 Å². The lowest BCUT2D eigenvalue weighted by Gasteiger charge is -2.22. The van der Waals surface area contributed by atoms with Crippen LogP contribution in [-0.2, 0) is 4.79 Å². The first-order valence-corrected chi connectivity index (χ1v) is 9.89. The number of benzene rings is 1. The van der Waals surface area contributed by atoms with Crippen LogP contribution >= 0.6 is 0 Å². The minimum absolute atomic E-state index is 0.191. The zero-order valence-electron chi connectivity index (χ0n) is 17.4. The van der Waals surface area contributed by atoms with E-state index in [1.54, 1.807) is 36.2 Å². The molecule has 0 saturated carbocycles. The Labute approximate surface area is 172 Å². The number of methoxy groups -OCH3 is 2. The van der Waals surface area contributed by atoms with Gasteiger partial charge in [-0.05, 0) is 31.5 Å². The third-order valence-electron chi connectivity index (χ3n) is 5.41. The van der Waals surface area contributed by atoms with Crippen LogP contribution in [0.15, 0.2) is 35.4 Å².